The van der Waals surface area contributed by atoms with Gasteiger partial charge in [0.15, 0.2) is 0 Å². The Labute approximate surface area is 201 Å². The van der Waals surface area contributed by atoms with Crippen molar-refractivity contribution in [3.8, 4) is 0 Å². The summed E-state index contributed by atoms with van der Waals surface area (Å²) in [4.78, 5) is 32.2. The average molecular weight is 469 g/mol. The third-order valence-electron chi connectivity index (χ3n) is 6.58. The van der Waals surface area contributed by atoms with Crippen molar-refractivity contribution in [2.45, 2.75) is 38.1 Å². The Kier molecular flexibility index (Phi) is 8.37. The minimum absolute atomic E-state index is 0.0693. The standard InChI is InChI=1S/C26H33ClN4O2/c27-23-13-7-8-14-24(23)28-25(32)19-29-15-17-30(18-16-29)20-26(33)31(21-9-3-1-4-10-21)22-11-5-2-6-12-22/h1,3-4,7-10,13-14,22H,2,5-6,11-12,15-20H2,(H,28,32). The molecule has 2 aliphatic rings. The SMILES string of the molecule is O=C(CN1CCN(CC(=O)N(c2ccccc2)C2CCCCC2)CC1)Nc1ccccc1Cl. The second-order valence-corrected chi connectivity index (χ2v) is 9.38. The van der Waals surface area contributed by atoms with Crippen molar-refractivity contribution in [3.05, 3.63) is 59.6 Å². The van der Waals surface area contributed by atoms with E-state index in [0.29, 0.717) is 29.8 Å². The van der Waals surface area contributed by atoms with Gasteiger partial charge in [-0.1, -0.05) is 61.2 Å². The Morgan fingerprint density at radius 2 is 1.45 bits per heavy atom. The third-order valence-corrected chi connectivity index (χ3v) is 6.91. The highest BCUT2D eigenvalue weighted by Crippen LogP contribution is 2.27. The van der Waals surface area contributed by atoms with Crippen molar-refractivity contribution >= 4 is 34.8 Å². The summed E-state index contributed by atoms with van der Waals surface area (Å²) in [6.45, 7) is 3.82. The molecule has 7 heteroatoms. The summed E-state index contributed by atoms with van der Waals surface area (Å²) in [6.07, 6.45) is 5.80. The maximum absolute atomic E-state index is 13.4. The van der Waals surface area contributed by atoms with Gasteiger partial charge in [-0.25, -0.2) is 0 Å². The van der Waals surface area contributed by atoms with E-state index in [1.807, 2.05) is 47.4 Å². The van der Waals surface area contributed by atoms with Crippen LogP contribution in [0.5, 0.6) is 0 Å². The summed E-state index contributed by atoms with van der Waals surface area (Å²) in [7, 11) is 0. The number of carbonyl (C=O) groups is 2. The fraction of sp³-hybridized carbons (Fsp3) is 0.462. The van der Waals surface area contributed by atoms with E-state index in [2.05, 4.69) is 15.1 Å². The molecule has 176 valence electrons. The lowest BCUT2D eigenvalue weighted by molar-refractivity contribution is -0.122. The van der Waals surface area contributed by atoms with E-state index in [1.54, 1.807) is 12.1 Å². The van der Waals surface area contributed by atoms with Crippen LogP contribution in [-0.4, -0.2) is 66.9 Å². The lowest BCUT2D eigenvalue weighted by Gasteiger charge is -2.38. The predicted octanol–water partition coefficient (Wildman–Crippen LogP) is 4.26. The van der Waals surface area contributed by atoms with Crippen LogP contribution in [0.1, 0.15) is 32.1 Å². The Balaban J connectivity index is 1.28. The highest BCUT2D eigenvalue weighted by Gasteiger charge is 2.29. The summed E-state index contributed by atoms with van der Waals surface area (Å²) >= 11 is 6.13. The molecule has 1 N–H and O–H groups in total. The number of piperazine rings is 1. The molecule has 2 fully saturated rings. The number of anilines is 2. The maximum Gasteiger partial charge on any atom is 0.241 e. The van der Waals surface area contributed by atoms with Crippen molar-refractivity contribution in [2.24, 2.45) is 0 Å². The molecular weight excluding hydrogens is 436 g/mol. The average Bonchev–Trinajstić information content (AvgIpc) is 2.83. The molecule has 1 saturated carbocycles. The predicted molar refractivity (Wildman–Crippen MR) is 134 cm³/mol. The van der Waals surface area contributed by atoms with Gasteiger partial charge in [-0.15, -0.1) is 0 Å². The molecular formula is C26H33ClN4O2. The molecule has 0 spiro atoms. The Morgan fingerprint density at radius 3 is 2.12 bits per heavy atom. The van der Waals surface area contributed by atoms with Gasteiger partial charge in [-0.3, -0.25) is 19.4 Å². The molecule has 33 heavy (non-hydrogen) atoms. The van der Waals surface area contributed by atoms with Crippen LogP contribution in [-0.2, 0) is 9.59 Å². The van der Waals surface area contributed by atoms with E-state index in [1.165, 1.54) is 19.3 Å². The van der Waals surface area contributed by atoms with Gasteiger partial charge in [0.1, 0.15) is 0 Å². The second kappa shape index (κ2) is 11.6. The van der Waals surface area contributed by atoms with Gasteiger partial charge in [0.05, 0.1) is 23.8 Å². The summed E-state index contributed by atoms with van der Waals surface area (Å²) in [5.74, 6) is 0.109. The number of rotatable bonds is 7. The van der Waals surface area contributed by atoms with Crippen LogP contribution in [0.2, 0.25) is 5.02 Å². The Bertz CT molecular complexity index is 925. The van der Waals surface area contributed by atoms with Gasteiger partial charge in [-0.2, -0.15) is 0 Å². The Hall–Kier alpha value is -2.41. The van der Waals surface area contributed by atoms with Crippen molar-refractivity contribution in [3.63, 3.8) is 0 Å². The third kappa shape index (κ3) is 6.56. The zero-order valence-corrected chi connectivity index (χ0v) is 19.8. The molecule has 0 radical (unpaired) electrons. The lowest BCUT2D eigenvalue weighted by Crippen LogP contribution is -2.53. The maximum atomic E-state index is 13.4. The number of amides is 2. The number of nitrogens with zero attached hydrogens (tertiary/aromatic N) is 3. The van der Waals surface area contributed by atoms with Crippen molar-refractivity contribution in [1.29, 1.82) is 0 Å². The number of halogens is 1. The molecule has 6 nitrogen and oxygen atoms in total. The van der Waals surface area contributed by atoms with E-state index >= 15 is 0 Å². The van der Waals surface area contributed by atoms with Gasteiger partial charge >= 0.3 is 0 Å². The monoisotopic (exact) mass is 468 g/mol. The van der Waals surface area contributed by atoms with Gasteiger partial charge < -0.3 is 10.2 Å². The molecule has 0 bridgehead atoms. The summed E-state index contributed by atoms with van der Waals surface area (Å²) in [6, 6.07) is 17.6. The van der Waals surface area contributed by atoms with Gasteiger partial charge in [0.25, 0.3) is 0 Å². The highest BCUT2D eigenvalue weighted by molar-refractivity contribution is 6.33. The zero-order valence-electron chi connectivity index (χ0n) is 19.1. The van der Waals surface area contributed by atoms with Crippen molar-refractivity contribution < 1.29 is 9.59 Å². The van der Waals surface area contributed by atoms with E-state index in [4.69, 9.17) is 11.6 Å². The number of nitrogens with one attached hydrogen (secondary N) is 1. The first-order valence-electron chi connectivity index (χ1n) is 12.0. The topological polar surface area (TPSA) is 55.9 Å². The minimum Gasteiger partial charge on any atom is -0.324 e. The molecule has 1 heterocycles. The molecule has 1 aliphatic carbocycles. The zero-order chi connectivity index (χ0) is 23.0. The molecule has 1 aliphatic heterocycles. The molecule has 1 saturated heterocycles. The van der Waals surface area contributed by atoms with E-state index in [-0.39, 0.29) is 11.8 Å². The van der Waals surface area contributed by atoms with E-state index < -0.39 is 0 Å². The first-order valence-corrected chi connectivity index (χ1v) is 12.3. The number of para-hydroxylation sites is 2. The van der Waals surface area contributed by atoms with Crippen LogP contribution in [0.3, 0.4) is 0 Å². The van der Waals surface area contributed by atoms with Crippen LogP contribution >= 0.6 is 11.6 Å². The van der Waals surface area contributed by atoms with Crippen LogP contribution in [0.4, 0.5) is 11.4 Å². The smallest absolute Gasteiger partial charge is 0.241 e. The van der Waals surface area contributed by atoms with Gasteiger partial charge in [0.2, 0.25) is 11.8 Å². The normalized spacial score (nSPS) is 18.1. The molecule has 0 unspecified atom stereocenters. The molecule has 0 atom stereocenters. The number of hydrogen-bond donors (Lipinski definition) is 1. The minimum atomic E-state index is -0.0693. The van der Waals surface area contributed by atoms with E-state index in [0.717, 1.165) is 44.7 Å². The van der Waals surface area contributed by atoms with E-state index in [9.17, 15) is 9.59 Å². The van der Waals surface area contributed by atoms with Gasteiger partial charge in [-0.05, 0) is 37.1 Å². The summed E-state index contributed by atoms with van der Waals surface area (Å²) < 4.78 is 0. The van der Waals surface area contributed by atoms with Crippen molar-refractivity contribution in [2.75, 3.05) is 49.5 Å². The van der Waals surface area contributed by atoms with Crippen molar-refractivity contribution in [1.82, 2.24) is 9.80 Å². The molecule has 2 amide bonds. The number of hydrogen-bond acceptors (Lipinski definition) is 4. The van der Waals surface area contributed by atoms with Crippen LogP contribution in [0.15, 0.2) is 54.6 Å². The molecule has 4 rings (SSSR count). The fourth-order valence-corrected chi connectivity index (χ4v) is 5.00. The lowest BCUT2D eigenvalue weighted by atomic mass is 9.93. The van der Waals surface area contributed by atoms with Gasteiger partial charge in [0, 0.05) is 37.9 Å². The van der Waals surface area contributed by atoms with Crippen LogP contribution in [0.25, 0.3) is 0 Å². The highest BCUT2D eigenvalue weighted by atomic mass is 35.5. The molecule has 2 aromatic carbocycles. The second-order valence-electron chi connectivity index (χ2n) is 8.97. The van der Waals surface area contributed by atoms with Crippen LogP contribution in [0, 0.1) is 0 Å². The molecule has 0 aromatic heterocycles. The number of carbonyl (C=O) groups excluding carboxylic acids is 2. The Morgan fingerprint density at radius 1 is 0.848 bits per heavy atom. The first kappa shape index (κ1) is 23.7. The summed E-state index contributed by atoms with van der Waals surface area (Å²) in [5.41, 5.74) is 1.64. The molecule has 2 aromatic rings. The quantitative estimate of drug-likeness (QED) is 0.659. The first-order chi connectivity index (χ1) is 16.1. The fourth-order valence-electron chi connectivity index (χ4n) is 4.81. The number of benzene rings is 2. The summed E-state index contributed by atoms with van der Waals surface area (Å²) in [5, 5.41) is 3.42. The van der Waals surface area contributed by atoms with Crippen LogP contribution < -0.4 is 10.2 Å². The largest absolute Gasteiger partial charge is 0.324 e.